The van der Waals surface area contributed by atoms with E-state index in [2.05, 4.69) is 5.32 Å². The molecule has 0 fully saturated rings. The van der Waals surface area contributed by atoms with Crippen LogP contribution in [-0.4, -0.2) is 36.7 Å². The van der Waals surface area contributed by atoms with Crippen LogP contribution >= 0.6 is 0 Å². The second kappa shape index (κ2) is 9.96. The molecule has 164 valence electrons. The van der Waals surface area contributed by atoms with E-state index >= 15 is 0 Å². The number of carbonyl (C=O) groups excluding carboxylic acids is 2. The molecule has 2 aromatic carbocycles. The fourth-order valence-electron chi connectivity index (χ4n) is 3.36. The third-order valence-electron chi connectivity index (χ3n) is 4.91. The number of ether oxygens (including phenoxy) is 3. The van der Waals surface area contributed by atoms with Crippen molar-refractivity contribution >= 4 is 17.6 Å². The number of esters is 1. The van der Waals surface area contributed by atoms with Crippen LogP contribution in [0.25, 0.3) is 22.5 Å². The summed E-state index contributed by atoms with van der Waals surface area (Å²) in [6.45, 7) is 3.14. The van der Waals surface area contributed by atoms with Crippen LogP contribution < -0.4 is 14.8 Å². The number of pyridine rings is 1. The normalized spacial score (nSPS) is 12.2. The third-order valence-corrected chi connectivity index (χ3v) is 4.91. The molecule has 0 saturated carbocycles. The largest absolute Gasteiger partial charge is 0.486 e. The molecular formula is C25H24N2O5. The topological polar surface area (TPSA) is 86.8 Å². The first-order chi connectivity index (χ1) is 15.6. The Morgan fingerprint density at radius 1 is 0.906 bits per heavy atom. The van der Waals surface area contributed by atoms with Gasteiger partial charge in [-0.25, -0.2) is 4.98 Å². The molecule has 7 nitrogen and oxygen atoms in total. The molecule has 0 unspecified atom stereocenters. The van der Waals surface area contributed by atoms with E-state index in [9.17, 15) is 9.59 Å². The highest BCUT2D eigenvalue weighted by atomic mass is 16.6. The number of benzene rings is 2. The van der Waals surface area contributed by atoms with E-state index in [1.807, 2.05) is 60.7 Å². The molecule has 32 heavy (non-hydrogen) atoms. The fourth-order valence-corrected chi connectivity index (χ4v) is 3.36. The number of fused-ring (bicyclic) bond motifs is 1. The van der Waals surface area contributed by atoms with Gasteiger partial charge < -0.3 is 19.5 Å². The summed E-state index contributed by atoms with van der Waals surface area (Å²) < 4.78 is 16.1. The van der Waals surface area contributed by atoms with Gasteiger partial charge in [0.2, 0.25) is 5.91 Å². The molecule has 0 atom stereocenters. The van der Waals surface area contributed by atoms with Crippen LogP contribution in [0.2, 0.25) is 0 Å². The van der Waals surface area contributed by atoms with E-state index in [0.717, 1.165) is 34.0 Å². The molecule has 1 N–H and O–H groups in total. The molecule has 0 radical (unpaired) electrons. The number of carbonyl (C=O) groups is 2. The van der Waals surface area contributed by atoms with Gasteiger partial charge in [-0.3, -0.25) is 9.59 Å². The minimum Gasteiger partial charge on any atom is -0.486 e. The maximum absolute atomic E-state index is 12.0. The van der Waals surface area contributed by atoms with Gasteiger partial charge >= 0.3 is 5.97 Å². The zero-order chi connectivity index (χ0) is 22.3. The van der Waals surface area contributed by atoms with E-state index in [0.29, 0.717) is 25.5 Å². The molecule has 1 aromatic heterocycles. The number of aromatic nitrogens is 1. The van der Waals surface area contributed by atoms with E-state index in [-0.39, 0.29) is 24.7 Å². The summed E-state index contributed by atoms with van der Waals surface area (Å²) in [5.74, 6) is 0.867. The molecule has 0 spiro atoms. The number of rotatable bonds is 7. The summed E-state index contributed by atoms with van der Waals surface area (Å²) in [7, 11) is 0. The van der Waals surface area contributed by atoms with Crippen molar-refractivity contribution in [2.75, 3.05) is 25.1 Å². The van der Waals surface area contributed by atoms with Crippen molar-refractivity contribution in [3.8, 4) is 34.0 Å². The maximum Gasteiger partial charge on any atom is 0.306 e. The number of anilines is 1. The molecule has 0 bridgehead atoms. The lowest BCUT2D eigenvalue weighted by Crippen LogP contribution is -2.15. The highest BCUT2D eigenvalue weighted by molar-refractivity contribution is 5.92. The van der Waals surface area contributed by atoms with Gasteiger partial charge in [-0.05, 0) is 49.4 Å². The van der Waals surface area contributed by atoms with Crippen LogP contribution in [0.1, 0.15) is 19.8 Å². The predicted octanol–water partition coefficient (Wildman–Crippen LogP) is 4.47. The Kier molecular flexibility index (Phi) is 6.65. The molecule has 3 aromatic rings. The molecule has 1 amide bonds. The zero-order valence-corrected chi connectivity index (χ0v) is 17.8. The minimum absolute atomic E-state index is 0.0638. The fraction of sp³-hybridized carbons (Fsp3) is 0.240. The maximum atomic E-state index is 12.0. The minimum atomic E-state index is -0.373. The molecular weight excluding hydrogens is 408 g/mol. The van der Waals surface area contributed by atoms with E-state index < -0.39 is 0 Å². The molecule has 0 aliphatic carbocycles. The van der Waals surface area contributed by atoms with Gasteiger partial charge in [-0.2, -0.15) is 0 Å². The summed E-state index contributed by atoms with van der Waals surface area (Å²) in [5.41, 5.74) is 4.18. The van der Waals surface area contributed by atoms with Gasteiger partial charge in [-0.15, -0.1) is 0 Å². The van der Waals surface area contributed by atoms with Crippen molar-refractivity contribution in [2.45, 2.75) is 19.8 Å². The molecule has 2 heterocycles. The van der Waals surface area contributed by atoms with Crippen LogP contribution in [-0.2, 0) is 14.3 Å². The summed E-state index contributed by atoms with van der Waals surface area (Å²) in [6, 6.07) is 19.1. The predicted molar refractivity (Wildman–Crippen MR) is 121 cm³/mol. The first kappa shape index (κ1) is 21.4. The number of amides is 1. The Morgan fingerprint density at radius 2 is 1.59 bits per heavy atom. The average Bonchev–Trinajstić information content (AvgIpc) is 2.83. The van der Waals surface area contributed by atoms with Crippen LogP contribution in [0.5, 0.6) is 11.5 Å². The highest BCUT2D eigenvalue weighted by Gasteiger charge is 2.13. The molecule has 1 aliphatic heterocycles. The summed E-state index contributed by atoms with van der Waals surface area (Å²) in [5, 5.41) is 2.79. The molecule has 0 saturated heterocycles. The summed E-state index contributed by atoms with van der Waals surface area (Å²) in [4.78, 5) is 28.2. The molecule has 7 heteroatoms. The molecule has 4 rings (SSSR count). The van der Waals surface area contributed by atoms with Crippen molar-refractivity contribution in [3.63, 3.8) is 0 Å². The highest BCUT2D eigenvalue weighted by Crippen LogP contribution is 2.34. The first-order valence-corrected chi connectivity index (χ1v) is 10.6. The second-order valence-electron chi connectivity index (χ2n) is 7.20. The quantitative estimate of drug-likeness (QED) is 0.555. The molecule has 1 aliphatic rings. The van der Waals surface area contributed by atoms with Crippen molar-refractivity contribution < 1.29 is 23.8 Å². The summed E-state index contributed by atoms with van der Waals surface area (Å²) in [6.07, 6.45) is 0.147. The lowest BCUT2D eigenvalue weighted by Gasteiger charge is -2.18. The standard InChI is InChI=1S/C25H24N2O5/c1-2-30-25(29)13-12-24(28)26-19-9-6-17(7-10-19)20-4-3-5-21(27-20)18-8-11-22-23(16-18)32-15-14-31-22/h3-11,16H,2,12-15H2,1H3,(H,26,28). The first-order valence-electron chi connectivity index (χ1n) is 10.6. The van der Waals surface area contributed by atoms with Crippen LogP contribution in [0, 0.1) is 0 Å². The van der Waals surface area contributed by atoms with E-state index in [4.69, 9.17) is 19.2 Å². The van der Waals surface area contributed by atoms with Crippen LogP contribution in [0.4, 0.5) is 5.69 Å². The number of nitrogens with one attached hydrogen (secondary N) is 1. The second-order valence-corrected chi connectivity index (χ2v) is 7.20. The zero-order valence-electron chi connectivity index (χ0n) is 17.8. The van der Waals surface area contributed by atoms with Crippen molar-refractivity contribution in [3.05, 3.63) is 60.7 Å². The van der Waals surface area contributed by atoms with Gasteiger partial charge in [0.25, 0.3) is 0 Å². The Balaban J connectivity index is 1.43. The van der Waals surface area contributed by atoms with Crippen LogP contribution in [0.15, 0.2) is 60.7 Å². The smallest absolute Gasteiger partial charge is 0.306 e. The van der Waals surface area contributed by atoms with Gasteiger partial charge in [0.1, 0.15) is 13.2 Å². The average molecular weight is 432 g/mol. The Hall–Kier alpha value is -3.87. The summed E-state index contributed by atoms with van der Waals surface area (Å²) >= 11 is 0. The Labute approximate surface area is 186 Å². The van der Waals surface area contributed by atoms with Crippen molar-refractivity contribution in [1.82, 2.24) is 4.98 Å². The Bertz CT molecular complexity index is 1110. The monoisotopic (exact) mass is 432 g/mol. The number of hydrogen-bond acceptors (Lipinski definition) is 6. The van der Waals surface area contributed by atoms with Crippen LogP contribution in [0.3, 0.4) is 0 Å². The van der Waals surface area contributed by atoms with Crippen molar-refractivity contribution in [1.29, 1.82) is 0 Å². The van der Waals surface area contributed by atoms with Gasteiger partial charge in [0.15, 0.2) is 11.5 Å². The van der Waals surface area contributed by atoms with Gasteiger partial charge in [-0.1, -0.05) is 18.2 Å². The van der Waals surface area contributed by atoms with Gasteiger partial charge in [0, 0.05) is 23.2 Å². The Morgan fingerprint density at radius 3 is 2.34 bits per heavy atom. The van der Waals surface area contributed by atoms with E-state index in [1.54, 1.807) is 6.92 Å². The lowest BCUT2D eigenvalue weighted by atomic mass is 10.1. The van der Waals surface area contributed by atoms with E-state index in [1.165, 1.54) is 0 Å². The van der Waals surface area contributed by atoms with Gasteiger partial charge in [0.05, 0.1) is 24.4 Å². The lowest BCUT2D eigenvalue weighted by molar-refractivity contribution is -0.144. The SMILES string of the molecule is CCOC(=O)CCC(=O)Nc1ccc(-c2cccc(-c3ccc4c(c3)OCCO4)n2)cc1. The van der Waals surface area contributed by atoms with Crippen molar-refractivity contribution in [2.24, 2.45) is 0 Å². The number of nitrogens with zero attached hydrogens (tertiary/aromatic N) is 1. The number of hydrogen-bond donors (Lipinski definition) is 1. The third kappa shape index (κ3) is 5.24.